The highest BCUT2D eigenvalue weighted by molar-refractivity contribution is 6.33. The molecular formula is C19H22ClN3O4. The first-order valence-electron chi connectivity index (χ1n) is 8.25. The summed E-state index contributed by atoms with van der Waals surface area (Å²) in [6, 6.07) is 10.2. The first kappa shape index (κ1) is 20.4. The molecule has 2 rings (SSSR count). The fraction of sp³-hybridized carbons (Fsp3) is 0.263. The number of carbonyl (C=O) groups is 2. The van der Waals surface area contributed by atoms with E-state index in [1.807, 2.05) is 18.2 Å². The van der Waals surface area contributed by atoms with Crippen molar-refractivity contribution in [3.8, 4) is 11.5 Å². The molecule has 144 valence electrons. The molecule has 4 N–H and O–H groups in total. The Bertz CT molecular complexity index is 827. The third-order valence-corrected chi connectivity index (χ3v) is 4.20. The molecule has 0 aliphatic carbocycles. The van der Waals surface area contributed by atoms with Gasteiger partial charge in [0.05, 0.1) is 31.5 Å². The average molecular weight is 392 g/mol. The molecule has 0 unspecified atom stereocenters. The van der Waals surface area contributed by atoms with Gasteiger partial charge in [0.25, 0.3) is 0 Å². The van der Waals surface area contributed by atoms with Crippen LogP contribution in [-0.4, -0.2) is 39.1 Å². The first-order valence-corrected chi connectivity index (χ1v) is 8.63. The molecule has 8 heteroatoms. The number of carbonyl (C=O) groups excluding carboxylic acids is 2. The van der Waals surface area contributed by atoms with E-state index in [1.54, 1.807) is 20.3 Å². The molecule has 0 saturated heterocycles. The summed E-state index contributed by atoms with van der Waals surface area (Å²) < 4.78 is 10.5. The van der Waals surface area contributed by atoms with E-state index < -0.39 is 5.91 Å². The lowest BCUT2D eigenvalue weighted by molar-refractivity contribution is -0.119. The minimum atomic E-state index is -0.561. The molecule has 0 heterocycles. The highest BCUT2D eigenvalue weighted by Gasteiger charge is 2.08. The lowest BCUT2D eigenvalue weighted by atomic mass is 10.1. The van der Waals surface area contributed by atoms with Crippen molar-refractivity contribution < 1.29 is 19.1 Å². The Hall–Kier alpha value is -2.93. The summed E-state index contributed by atoms with van der Waals surface area (Å²) in [5.41, 5.74) is 7.05. The number of rotatable bonds is 9. The van der Waals surface area contributed by atoms with Gasteiger partial charge in [-0.3, -0.25) is 9.59 Å². The van der Waals surface area contributed by atoms with Gasteiger partial charge >= 0.3 is 0 Å². The quantitative estimate of drug-likeness (QED) is 0.608. The van der Waals surface area contributed by atoms with Gasteiger partial charge in [-0.05, 0) is 42.3 Å². The van der Waals surface area contributed by atoms with Crippen LogP contribution in [0.2, 0.25) is 5.02 Å². The predicted octanol–water partition coefficient (Wildman–Crippen LogP) is 2.23. The van der Waals surface area contributed by atoms with Crippen molar-refractivity contribution >= 4 is 29.1 Å². The number of nitrogens with one attached hydrogen (secondary N) is 2. The number of nitrogens with two attached hydrogens (primary N) is 1. The van der Waals surface area contributed by atoms with Crippen LogP contribution in [0.25, 0.3) is 0 Å². The zero-order valence-corrected chi connectivity index (χ0v) is 15.9. The van der Waals surface area contributed by atoms with Crippen molar-refractivity contribution in [2.45, 2.75) is 6.42 Å². The topological polar surface area (TPSA) is 103 Å². The van der Waals surface area contributed by atoms with E-state index in [4.69, 9.17) is 26.8 Å². The third kappa shape index (κ3) is 5.79. The Morgan fingerprint density at radius 3 is 2.48 bits per heavy atom. The van der Waals surface area contributed by atoms with E-state index in [9.17, 15) is 9.59 Å². The van der Waals surface area contributed by atoms with Crippen molar-refractivity contribution in [3.05, 3.63) is 52.5 Å². The summed E-state index contributed by atoms with van der Waals surface area (Å²) in [5.74, 6) is 0.543. The Morgan fingerprint density at radius 2 is 1.81 bits per heavy atom. The number of primary amides is 1. The molecule has 0 spiro atoms. The Balaban J connectivity index is 1.83. The smallest absolute Gasteiger partial charge is 0.248 e. The number of anilines is 1. The van der Waals surface area contributed by atoms with Crippen LogP contribution in [0.4, 0.5) is 5.69 Å². The second-order valence-electron chi connectivity index (χ2n) is 5.70. The number of halogens is 1. The van der Waals surface area contributed by atoms with E-state index in [0.717, 1.165) is 5.56 Å². The van der Waals surface area contributed by atoms with Crippen LogP contribution in [0.3, 0.4) is 0 Å². The van der Waals surface area contributed by atoms with Crippen LogP contribution < -0.4 is 25.8 Å². The summed E-state index contributed by atoms with van der Waals surface area (Å²) in [7, 11) is 3.16. The van der Waals surface area contributed by atoms with Crippen LogP contribution in [0.15, 0.2) is 36.4 Å². The van der Waals surface area contributed by atoms with Crippen LogP contribution in [-0.2, 0) is 11.2 Å². The van der Waals surface area contributed by atoms with Crippen LogP contribution in [0.5, 0.6) is 11.5 Å². The van der Waals surface area contributed by atoms with Crippen molar-refractivity contribution in [3.63, 3.8) is 0 Å². The maximum Gasteiger partial charge on any atom is 0.248 e. The number of benzene rings is 2. The highest BCUT2D eigenvalue weighted by atomic mass is 35.5. The summed E-state index contributed by atoms with van der Waals surface area (Å²) >= 11 is 6.05. The lowest BCUT2D eigenvalue weighted by Crippen LogP contribution is -2.31. The second kappa shape index (κ2) is 9.68. The first-order chi connectivity index (χ1) is 12.9. The van der Waals surface area contributed by atoms with E-state index in [0.29, 0.717) is 40.7 Å². The molecular weight excluding hydrogens is 370 g/mol. The largest absolute Gasteiger partial charge is 0.493 e. The summed E-state index contributed by atoms with van der Waals surface area (Å²) in [4.78, 5) is 23.2. The van der Waals surface area contributed by atoms with Gasteiger partial charge in [0.2, 0.25) is 11.8 Å². The minimum Gasteiger partial charge on any atom is -0.493 e. The van der Waals surface area contributed by atoms with Gasteiger partial charge < -0.3 is 25.8 Å². The zero-order valence-electron chi connectivity index (χ0n) is 15.2. The summed E-state index contributed by atoms with van der Waals surface area (Å²) in [5, 5.41) is 6.12. The molecule has 0 aliphatic heterocycles. The van der Waals surface area contributed by atoms with E-state index in [2.05, 4.69) is 10.6 Å². The lowest BCUT2D eigenvalue weighted by Gasteiger charge is -2.11. The fourth-order valence-corrected chi connectivity index (χ4v) is 2.62. The molecule has 2 aromatic carbocycles. The fourth-order valence-electron chi connectivity index (χ4n) is 2.43. The van der Waals surface area contributed by atoms with E-state index in [-0.39, 0.29) is 12.5 Å². The summed E-state index contributed by atoms with van der Waals surface area (Å²) in [6.07, 6.45) is 0.643. The molecule has 2 amide bonds. The number of hydrogen-bond acceptors (Lipinski definition) is 5. The van der Waals surface area contributed by atoms with Gasteiger partial charge in [0.15, 0.2) is 11.5 Å². The van der Waals surface area contributed by atoms with Crippen LogP contribution in [0.1, 0.15) is 15.9 Å². The standard InChI is InChI=1S/C19H22ClN3O4/c1-26-16-6-3-12(9-17(16)27-2)7-8-22-18(24)11-23-15-10-13(19(21)25)4-5-14(15)20/h3-6,9-10,23H,7-8,11H2,1-2H3,(H2,21,25)(H,22,24). The maximum absolute atomic E-state index is 12.0. The van der Waals surface area contributed by atoms with Gasteiger partial charge in [-0.2, -0.15) is 0 Å². The van der Waals surface area contributed by atoms with Gasteiger partial charge in [0, 0.05) is 12.1 Å². The van der Waals surface area contributed by atoms with Gasteiger partial charge in [0.1, 0.15) is 0 Å². The maximum atomic E-state index is 12.0. The second-order valence-corrected chi connectivity index (χ2v) is 6.11. The van der Waals surface area contributed by atoms with Crippen LogP contribution in [0, 0.1) is 0 Å². The zero-order chi connectivity index (χ0) is 19.8. The molecule has 0 aromatic heterocycles. The van der Waals surface area contributed by atoms with Crippen LogP contribution >= 0.6 is 11.6 Å². The molecule has 0 radical (unpaired) electrons. The van der Waals surface area contributed by atoms with Crippen molar-refractivity contribution in [2.24, 2.45) is 5.73 Å². The van der Waals surface area contributed by atoms with Crippen molar-refractivity contribution in [1.82, 2.24) is 5.32 Å². The summed E-state index contributed by atoms with van der Waals surface area (Å²) in [6.45, 7) is 0.485. The Kier molecular flexibility index (Phi) is 7.31. The number of amides is 2. The number of hydrogen-bond donors (Lipinski definition) is 3. The van der Waals surface area contributed by atoms with Gasteiger partial charge in [-0.15, -0.1) is 0 Å². The van der Waals surface area contributed by atoms with Gasteiger partial charge in [-0.1, -0.05) is 17.7 Å². The monoisotopic (exact) mass is 391 g/mol. The molecule has 0 fully saturated rings. The van der Waals surface area contributed by atoms with E-state index >= 15 is 0 Å². The SMILES string of the molecule is COc1ccc(CCNC(=O)CNc2cc(C(N)=O)ccc2Cl)cc1OC. The van der Waals surface area contributed by atoms with Crippen molar-refractivity contribution in [2.75, 3.05) is 32.6 Å². The average Bonchev–Trinajstić information content (AvgIpc) is 2.66. The Morgan fingerprint density at radius 1 is 1.07 bits per heavy atom. The number of methoxy groups -OCH3 is 2. The molecule has 0 aliphatic rings. The van der Waals surface area contributed by atoms with Crippen molar-refractivity contribution in [1.29, 1.82) is 0 Å². The van der Waals surface area contributed by atoms with E-state index in [1.165, 1.54) is 12.1 Å². The molecule has 7 nitrogen and oxygen atoms in total. The minimum absolute atomic E-state index is 0.0217. The van der Waals surface area contributed by atoms with Gasteiger partial charge in [-0.25, -0.2) is 0 Å². The normalized spacial score (nSPS) is 10.2. The molecule has 0 bridgehead atoms. The third-order valence-electron chi connectivity index (χ3n) is 3.87. The highest BCUT2D eigenvalue weighted by Crippen LogP contribution is 2.27. The number of ether oxygens (including phenoxy) is 2. The molecule has 27 heavy (non-hydrogen) atoms. The Labute approximate surface area is 162 Å². The molecule has 2 aromatic rings. The molecule has 0 saturated carbocycles. The predicted molar refractivity (Wildman–Crippen MR) is 105 cm³/mol. The molecule has 0 atom stereocenters.